The second-order valence-electron chi connectivity index (χ2n) is 1.39. The fraction of sp³-hybridized carbons (Fsp3) is 0.400. The maximum Gasteiger partial charge on any atom is 0.177 e. The first-order valence-corrected chi connectivity index (χ1v) is 2.24. The predicted molar refractivity (Wildman–Crippen MR) is 29.6 cm³/mol. The monoisotopic (exact) mass is 108 g/mol. The minimum absolute atomic E-state index is 0.0162. The molecule has 1 aliphatic rings. The van der Waals surface area contributed by atoms with E-state index in [1.807, 2.05) is 0 Å². The normalized spacial score (nSPS) is 16.8. The van der Waals surface area contributed by atoms with Gasteiger partial charge in [0.1, 0.15) is 13.1 Å². The summed E-state index contributed by atoms with van der Waals surface area (Å²) in [7, 11) is 0. The molecule has 0 N–H and O–H groups in total. The van der Waals surface area contributed by atoms with E-state index in [2.05, 4.69) is 21.7 Å². The SMILES string of the molecule is O=C1CN=C=C=NC1. The molecular formula is C5H4N2O. The van der Waals surface area contributed by atoms with Gasteiger partial charge >= 0.3 is 0 Å². The quantitative estimate of drug-likeness (QED) is 0.411. The highest BCUT2D eigenvalue weighted by Crippen LogP contribution is 1.76. The number of carbonyl (C=O) groups is 1. The molecule has 0 amide bonds. The molecule has 0 fully saturated rings. The third kappa shape index (κ3) is 1.16. The van der Waals surface area contributed by atoms with Crippen LogP contribution in [0, 0.1) is 0 Å². The molecule has 0 spiro atoms. The lowest BCUT2D eigenvalue weighted by atomic mass is 10.4. The van der Waals surface area contributed by atoms with Crippen molar-refractivity contribution >= 4 is 17.5 Å². The average molecular weight is 108 g/mol. The fourth-order valence-electron chi connectivity index (χ4n) is 0.376. The Balaban J connectivity index is 2.81. The Bertz CT molecular complexity index is 174. The predicted octanol–water partition coefficient (Wildman–Crippen LogP) is -0.535. The van der Waals surface area contributed by atoms with Gasteiger partial charge in [0, 0.05) is 0 Å². The number of hydrogen-bond donors (Lipinski definition) is 0. The van der Waals surface area contributed by atoms with Gasteiger partial charge in [-0.2, -0.15) is 0 Å². The van der Waals surface area contributed by atoms with E-state index in [1.54, 1.807) is 0 Å². The summed E-state index contributed by atoms with van der Waals surface area (Å²) in [6.07, 6.45) is 0. The lowest BCUT2D eigenvalue weighted by Gasteiger charge is -1.81. The van der Waals surface area contributed by atoms with Gasteiger partial charge in [0.15, 0.2) is 5.78 Å². The molecule has 3 nitrogen and oxygen atoms in total. The van der Waals surface area contributed by atoms with E-state index in [0.717, 1.165) is 0 Å². The third-order valence-electron chi connectivity index (χ3n) is 0.719. The minimum Gasteiger partial charge on any atom is -0.295 e. The van der Waals surface area contributed by atoms with Crippen LogP contribution in [0.4, 0.5) is 0 Å². The molecule has 0 aliphatic carbocycles. The number of rotatable bonds is 0. The van der Waals surface area contributed by atoms with E-state index >= 15 is 0 Å². The van der Waals surface area contributed by atoms with Crippen molar-refractivity contribution in [2.45, 2.75) is 0 Å². The topological polar surface area (TPSA) is 41.8 Å². The molecule has 0 atom stereocenters. The second-order valence-corrected chi connectivity index (χ2v) is 1.39. The summed E-state index contributed by atoms with van der Waals surface area (Å²) in [5, 5.41) is 0. The summed E-state index contributed by atoms with van der Waals surface area (Å²) in [4.78, 5) is 17.5. The zero-order valence-corrected chi connectivity index (χ0v) is 4.22. The molecule has 1 heterocycles. The molecule has 0 saturated heterocycles. The van der Waals surface area contributed by atoms with Crippen LogP contribution in [0.2, 0.25) is 0 Å². The molecule has 3 heteroatoms. The van der Waals surface area contributed by atoms with Crippen molar-refractivity contribution in [3.63, 3.8) is 0 Å². The van der Waals surface area contributed by atoms with Crippen molar-refractivity contribution in [2.24, 2.45) is 9.98 Å². The standard InChI is InChI=1S/C5H4N2O/c8-5-3-6-1-2-7-4-5/h3-4H2. The van der Waals surface area contributed by atoms with Gasteiger partial charge in [-0.15, -0.1) is 0 Å². The lowest BCUT2D eigenvalue weighted by molar-refractivity contribution is -0.116. The molecule has 0 aromatic heterocycles. The Morgan fingerprint density at radius 2 is 1.75 bits per heavy atom. The smallest absolute Gasteiger partial charge is 0.177 e. The number of carbonyl (C=O) groups excluding carboxylic acids is 1. The van der Waals surface area contributed by atoms with Gasteiger partial charge in [-0.3, -0.25) is 4.79 Å². The number of ketones is 1. The van der Waals surface area contributed by atoms with Crippen molar-refractivity contribution < 1.29 is 4.79 Å². The van der Waals surface area contributed by atoms with E-state index in [9.17, 15) is 4.79 Å². The molecular weight excluding hydrogens is 104 g/mol. The summed E-state index contributed by atoms with van der Waals surface area (Å²) in [6.45, 7) is 0.410. The zero-order valence-electron chi connectivity index (χ0n) is 4.22. The number of Topliss-reactive ketones (excluding diaryl/α,β-unsaturated/α-hetero) is 1. The van der Waals surface area contributed by atoms with Gasteiger partial charge in [0.2, 0.25) is 0 Å². The Morgan fingerprint density at radius 1 is 1.25 bits per heavy atom. The molecule has 0 aromatic carbocycles. The van der Waals surface area contributed by atoms with Crippen LogP contribution in [0.25, 0.3) is 0 Å². The lowest BCUT2D eigenvalue weighted by Crippen LogP contribution is -2.04. The van der Waals surface area contributed by atoms with Crippen LogP contribution in [0.5, 0.6) is 0 Å². The summed E-state index contributed by atoms with van der Waals surface area (Å²) in [5.74, 6) is 4.75. The first-order chi connectivity index (χ1) is 3.89. The van der Waals surface area contributed by atoms with Crippen molar-refractivity contribution in [1.29, 1.82) is 0 Å². The van der Waals surface area contributed by atoms with Gasteiger partial charge in [-0.1, -0.05) is 0 Å². The average Bonchev–Trinajstić information content (AvgIpc) is 1.94. The van der Waals surface area contributed by atoms with Gasteiger partial charge in [0.25, 0.3) is 0 Å². The van der Waals surface area contributed by atoms with Crippen LogP contribution >= 0.6 is 0 Å². The van der Waals surface area contributed by atoms with E-state index in [4.69, 9.17) is 0 Å². The minimum atomic E-state index is 0.0162. The highest BCUT2D eigenvalue weighted by molar-refractivity contribution is 5.94. The van der Waals surface area contributed by atoms with Crippen LogP contribution in [-0.4, -0.2) is 30.6 Å². The maximum absolute atomic E-state index is 10.4. The van der Waals surface area contributed by atoms with Crippen LogP contribution < -0.4 is 0 Å². The van der Waals surface area contributed by atoms with Crippen molar-refractivity contribution in [2.75, 3.05) is 13.1 Å². The maximum atomic E-state index is 10.4. The molecule has 0 aromatic rings. The van der Waals surface area contributed by atoms with Crippen molar-refractivity contribution in [1.82, 2.24) is 0 Å². The molecule has 0 saturated carbocycles. The summed E-state index contributed by atoms with van der Waals surface area (Å²) >= 11 is 0. The summed E-state index contributed by atoms with van der Waals surface area (Å²) in [5.41, 5.74) is 0. The van der Waals surface area contributed by atoms with Crippen LogP contribution in [-0.2, 0) is 4.79 Å². The van der Waals surface area contributed by atoms with Crippen LogP contribution in [0.15, 0.2) is 9.98 Å². The Hall–Kier alpha value is -1.17. The van der Waals surface area contributed by atoms with Gasteiger partial charge in [0.05, 0.1) is 11.7 Å². The van der Waals surface area contributed by atoms with Crippen LogP contribution in [0.1, 0.15) is 0 Å². The molecule has 8 heavy (non-hydrogen) atoms. The van der Waals surface area contributed by atoms with Gasteiger partial charge in [-0.05, 0) is 0 Å². The highest BCUT2D eigenvalue weighted by atomic mass is 16.1. The van der Waals surface area contributed by atoms with Crippen LogP contribution in [0.3, 0.4) is 0 Å². The first-order valence-electron chi connectivity index (χ1n) is 2.24. The Kier molecular flexibility index (Phi) is 1.38. The van der Waals surface area contributed by atoms with E-state index < -0.39 is 0 Å². The van der Waals surface area contributed by atoms with E-state index in [-0.39, 0.29) is 18.9 Å². The number of nitrogens with zero attached hydrogens (tertiary/aromatic N) is 2. The Labute approximate surface area is 46.5 Å². The van der Waals surface area contributed by atoms with Gasteiger partial charge < -0.3 is 0 Å². The summed E-state index contributed by atoms with van der Waals surface area (Å²) in [6, 6.07) is 0. The van der Waals surface area contributed by atoms with Crippen molar-refractivity contribution in [3.8, 4) is 0 Å². The first kappa shape index (κ1) is 4.98. The Morgan fingerprint density at radius 3 is 2.25 bits per heavy atom. The van der Waals surface area contributed by atoms with E-state index in [0.29, 0.717) is 0 Å². The second kappa shape index (κ2) is 2.22. The molecule has 1 rings (SSSR count). The molecule has 0 unspecified atom stereocenters. The number of aliphatic imine (C=N–C) groups is 2. The largest absolute Gasteiger partial charge is 0.295 e. The zero-order chi connectivity index (χ0) is 5.82. The molecule has 0 bridgehead atoms. The number of hydrogen-bond acceptors (Lipinski definition) is 3. The van der Waals surface area contributed by atoms with Crippen molar-refractivity contribution in [3.05, 3.63) is 0 Å². The third-order valence-corrected chi connectivity index (χ3v) is 0.719. The molecule has 1 aliphatic heterocycles. The molecule has 40 valence electrons. The fourth-order valence-corrected chi connectivity index (χ4v) is 0.376. The molecule has 0 radical (unpaired) electrons. The van der Waals surface area contributed by atoms with Gasteiger partial charge in [-0.25, -0.2) is 9.98 Å². The van der Waals surface area contributed by atoms with E-state index in [1.165, 1.54) is 0 Å². The summed E-state index contributed by atoms with van der Waals surface area (Å²) < 4.78 is 0. The highest BCUT2D eigenvalue weighted by Gasteiger charge is 1.96.